The molecule has 0 amide bonds. The van der Waals surface area contributed by atoms with Gasteiger partial charge in [-0.1, -0.05) is 312 Å². The SMILES string of the molecule is CC/C=C\C/C=C\C/C=C\C/C=C\C/C=C\C/C=C\C/C=C\C/C=C\C/C=C\CCCCCCCCCCCCCCCC(=O)OC(COC(=O)CCCCCCCCCCCCC/C=C\C/C=C\C/C=C\C/C=C\C/C=C\CC)COP(=O)(O)OCCN. The molecule has 0 aliphatic carbocycles. The lowest BCUT2D eigenvalue weighted by molar-refractivity contribution is -0.161. The minimum Gasteiger partial charge on any atom is -0.462 e. The van der Waals surface area contributed by atoms with E-state index in [1.807, 2.05) is 0 Å². The molecule has 89 heavy (non-hydrogen) atoms. The molecule has 0 bridgehead atoms. The van der Waals surface area contributed by atoms with Crippen molar-refractivity contribution in [2.24, 2.45) is 5.73 Å². The Balaban J connectivity index is 3.93. The van der Waals surface area contributed by atoms with Gasteiger partial charge in [0, 0.05) is 19.4 Å². The number of allylic oxidation sites excluding steroid dienone is 28. The van der Waals surface area contributed by atoms with Crippen LogP contribution >= 0.6 is 7.82 Å². The summed E-state index contributed by atoms with van der Waals surface area (Å²) in [6, 6.07) is 0. The maximum atomic E-state index is 12.8. The van der Waals surface area contributed by atoms with Crippen molar-refractivity contribution in [3.63, 3.8) is 0 Å². The van der Waals surface area contributed by atoms with Crippen LogP contribution in [0.1, 0.15) is 284 Å². The zero-order valence-corrected chi connectivity index (χ0v) is 57.5. The topological polar surface area (TPSA) is 134 Å². The smallest absolute Gasteiger partial charge is 0.462 e. The summed E-state index contributed by atoms with van der Waals surface area (Å²) in [7, 11) is -4.41. The van der Waals surface area contributed by atoms with Crippen LogP contribution < -0.4 is 5.73 Å². The molecule has 10 heteroatoms. The van der Waals surface area contributed by atoms with E-state index in [0.29, 0.717) is 6.42 Å². The minimum absolute atomic E-state index is 0.0459. The molecule has 0 aromatic heterocycles. The lowest BCUT2D eigenvalue weighted by Gasteiger charge is -2.19. The zero-order valence-electron chi connectivity index (χ0n) is 56.6. The number of phosphoric acid groups is 1. The molecule has 0 spiro atoms. The van der Waals surface area contributed by atoms with E-state index in [2.05, 4.69) is 184 Å². The normalized spacial score (nSPS) is 14.0. The van der Waals surface area contributed by atoms with Gasteiger partial charge in [-0.05, 0) is 128 Å². The first-order valence-corrected chi connectivity index (χ1v) is 37.1. The molecular weight excluding hydrogens is 1120 g/mol. The summed E-state index contributed by atoms with van der Waals surface area (Å²) in [6.07, 6.45) is 107. The molecule has 0 saturated carbocycles. The summed E-state index contributed by atoms with van der Waals surface area (Å²) in [4.78, 5) is 35.4. The number of hydrogen-bond acceptors (Lipinski definition) is 8. The molecule has 0 aliphatic heterocycles. The molecule has 0 rings (SSSR count). The van der Waals surface area contributed by atoms with Gasteiger partial charge in [-0.3, -0.25) is 18.6 Å². The molecule has 0 heterocycles. The molecule has 2 unspecified atom stereocenters. The molecular formula is C79H130NO8P. The first kappa shape index (κ1) is 84.4. The first-order valence-electron chi connectivity index (χ1n) is 35.6. The lowest BCUT2D eigenvalue weighted by Crippen LogP contribution is -2.29. The van der Waals surface area contributed by atoms with Crippen molar-refractivity contribution in [1.82, 2.24) is 0 Å². The highest BCUT2D eigenvalue weighted by molar-refractivity contribution is 7.47. The van der Waals surface area contributed by atoms with E-state index in [9.17, 15) is 19.0 Å². The van der Waals surface area contributed by atoms with Crippen LogP contribution in [0.2, 0.25) is 0 Å². The molecule has 0 aromatic carbocycles. The number of nitrogens with two attached hydrogens (primary N) is 1. The van der Waals surface area contributed by atoms with Gasteiger partial charge in [0.1, 0.15) is 6.61 Å². The van der Waals surface area contributed by atoms with Gasteiger partial charge in [0.05, 0.1) is 13.2 Å². The number of esters is 2. The van der Waals surface area contributed by atoms with Crippen LogP contribution in [0.3, 0.4) is 0 Å². The van der Waals surface area contributed by atoms with Gasteiger partial charge in [-0.2, -0.15) is 0 Å². The summed E-state index contributed by atoms with van der Waals surface area (Å²) in [6.45, 7) is 3.51. The molecule has 3 N–H and O–H groups in total. The molecule has 0 fully saturated rings. The second-order valence-corrected chi connectivity index (χ2v) is 24.4. The standard InChI is InChI=1S/C79H130NO8P/c1-3-5-7-9-11-13-15-17-19-21-23-25-27-29-31-32-33-34-35-36-37-38-39-40-41-42-43-44-46-48-50-52-54-56-58-60-62-64-66-68-70-72-79(82)88-77(76-87-89(83,84)86-74-73-80)75-85-78(81)71-69-67-65-63-61-59-57-55-53-51-49-47-45-30-28-26-24-22-20-18-16-14-12-10-8-6-4-2/h5-8,11-14,17-20,23-26,29-31,33-34,36-37,39-40,42-43,45,77H,3-4,9-10,15-16,21-22,27-28,32,35,38,41,44,46-76,80H2,1-2H3,(H,83,84)/b7-5-,8-6-,13-11-,14-12-,19-17-,20-18-,25-23-,26-24-,31-29-,34-33-,37-36-,40-39-,43-42-,45-30-. The van der Waals surface area contributed by atoms with E-state index in [-0.39, 0.29) is 38.6 Å². The van der Waals surface area contributed by atoms with Gasteiger partial charge in [0.2, 0.25) is 0 Å². The highest BCUT2D eigenvalue weighted by Gasteiger charge is 2.26. The van der Waals surface area contributed by atoms with Crippen LogP contribution in [0.15, 0.2) is 170 Å². The lowest BCUT2D eigenvalue weighted by atomic mass is 10.0. The third-order valence-corrected chi connectivity index (χ3v) is 15.6. The fraction of sp³-hybridized carbons (Fsp3) is 0.620. The summed E-state index contributed by atoms with van der Waals surface area (Å²) in [5, 5.41) is 0. The van der Waals surface area contributed by atoms with Crippen LogP contribution in [0.5, 0.6) is 0 Å². The number of rotatable bonds is 65. The molecule has 9 nitrogen and oxygen atoms in total. The Bertz CT molecular complexity index is 2070. The largest absolute Gasteiger partial charge is 0.472 e. The van der Waals surface area contributed by atoms with Crippen molar-refractivity contribution in [2.75, 3.05) is 26.4 Å². The monoisotopic (exact) mass is 1250 g/mol. The van der Waals surface area contributed by atoms with E-state index >= 15 is 0 Å². The molecule has 0 saturated heterocycles. The predicted molar refractivity (Wildman–Crippen MR) is 385 cm³/mol. The van der Waals surface area contributed by atoms with Crippen LogP contribution in [0, 0.1) is 0 Å². The van der Waals surface area contributed by atoms with E-state index in [1.165, 1.54) is 109 Å². The highest BCUT2D eigenvalue weighted by Crippen LogP contribution is 2.43. The molecule has 0 aliphatic rings. The van der Waals surface area contributed by atoms with Crippen molar-refractivity contribution in [1.29, 1.82) is 0 Å². The van der Waals surface area contributed by atoms with Gasteiger partial charge in [0.15, 0.2) is 6.10 Å². The van der Waals surface area contributed by atoms with Crippen molar-refractivity contribution < 1.29 is 37.6 Å². The summed E-state index contributed by atoms with van der Waals surface area (Å²) < 4.78 is 33.2. The number of carbonyl (C=O) groups is 2. The maximum Gasteiger partial charge on any atom is 0.472 e. The number of carbonyl (C=O) groups excluding carboxylic acids is 2. The second kappa shape index (κ2) is 72.4. The summed E-state index contributed by atoms with van der Waals surface area (Å²) in [5.74, 6) is -0.836. The van der Waals surface area contributed by atoms with E-state index in [1.54, 1.807) is 0 Å². The van der Waals surface area contributed by atoms with Crippen molar-refractivity contribution in [2.45, 2.75) is 290 Å². The number of phosphoric ester groups is 1. The highest BCUT2D eigenvalue weighted by atomic mass is 31.2. The average molecular weight is 1250 g/mol. The van der Waals surface area contributed by atoms with Gasteiger partial charge in [0.25, 0.3) is 0 Å². The zero-order chi connectivity index (χ0) is 64.4. The molecule has 0 radical (unpaired) electrons. The Labute approximate surface area is 546 Å². The van der Waals surface area contributed by atoms with E-state index in [0.717, 1.165) is 141 Å². The van der Waals surface area contributed by atoms with Gasteiger partial charge in [-0.25, -0.2) is 4.57 Å². The Morgan fingerprint density at radius 3 is 0.865 bits per heavy atom. The van der Waals surface area contributed by atoms with Crippen LogP contribution in [-0.2, 0) is 32.7 Å². The average Bonchev–Trinajstić information content (AvgIpc) is 3.58. The third kappa shape index (κ3) is 72.3. The van der Waals surface area contributed by atoms with E-state index in [4.69, 9.17) is 24.3 Å². The van der Waals surface area contributed by atoms with E-state index < -0.39 is 26.5 Å². The molecule has 0 aromatic rings. The molecule has 504 valence electrons. The second-order valence-electron chi connectivity index (χ2n) is 23.0. The fourth-order valence-electron chi connectivity index (χ4n) is 9.42. The Hall–Kier alpha value is -4.63. The van der Waals surface area contributed by atoms with Crippen LogP contribution in [0.25, 0.3) is 0 Å². The Morgan fingerprint density at radius 1 is 0.337 bits per heavy atom. The van der Waals surface area contributed by atoms with Crippen molar-refractivity contribution >= 4 is 19.8 Å². The number of unbranched alkanes of at least 4 members (excludes halogenated alkanes) is 24. The Morgan fingerprint density at radius 2 is 0.584 bits per heavy atom. The summed E-state index contributed by atoms with van der Waals surface area (Å²) in [5.41, 5.74) is 5.40. The van der Waals surface area contributed by atoms with Crippen LogP contribution in [0.4, 0.5) is 0 Å². The maximum absolute atomic E-state index is 12.8. The minimum atomic E-state index is -4.41. The molecule has 2 atom stereocenters. The number of ether oxygens (including phenoxy) is 2. The number of hydrogen-bond donors (Lipinski definition) is 2. The van der Waals surface area contributed by atoms with Crippen molar-refractivity contribution in [3.05, 3.63) is 170 Å². The van der Waals surface area contributed by atoms with Crippen molar-refractivity contribution in [3.8, 4) is 0 Å². The first-order chi connectivity index (χ1) is 43.8. The predicted octanol–water partition coefficient (Wildman–Crippen LogP) is 23.7. The fourth-order valence-corrected chi connectivity index (χ4v) is 10.2. The quantitative estimate of drug-likeness (QED) is 0.0264. The van der Waals surface area contributed by atoms with Gasteiger partial charge in [-0.15, -0.1) is 0 Å². The van der Waals surface area contributed by atoms with Gasteiger partial charge < -0.3 is 20.1 Å². The third-order valence-electron chi connectivity index (χ3n) is 14.6. The Kier molecular flexibility index (Phi) is 68.7. The van der Waals surface area contributed by atoms with Gasteiger partial charge >= 0.3 is 19.8 Å². The summed E-state index contributed by atoms with van der Waals surface area (Å²) >= 11 is 0. The van der Waals surface area contributed by atoms with Crippen LogP contribution in [-0.4, -0.2) is 49.3 Å².